The summed E-state index contributed by atoms with van der Waals surface area (Å²) in [6, 6.07) is -0.469. The normalized spacial score (nSPS) is 32.8. The Kier molecular flexibility index (Phi) is 4.22. The SMILES string of the molecule is CN([C@H]1CNC[C@@H]1O)S(=O)(=O)C1CCS(=O)(=O)CC1. The predicted molar refractivity (Wildman–Crippen MR) is 71.0 cm³/mol. The van der Waals surface area contributed by atoms with Crippen LogP contribution in [0.3, 0.4) is 0 Å². The summed E-state index contributed by atoms with van der Waals surface area (Å²) in [5.41, 5.74) is 0. The van der Waals surface area contributed by atoms with E-state index in [0.29, 0.717) is 13.1 Å². The van der Waals surface area contributed by atoms with E-state index in [4.69, 9.17) is 0 Å². The van der Waals surface area contributed by atoms with Crippen LogP contribution in [-0.2, 0) is 19.9 Å². The molecular weight excluding hydrogens is 292 g/mol. The van der Waals surface area contributed by atoms with Crippen LogP contribution in [0, 0.1) is 0 Å². The van der Waals surface area contributed by atoms with Crippen molar-refractivity contribution in [1.29, 1.82) is 0 Å². The first-order chi connectivity index (χ1) is 8.74. The molecule has 7 nitrogen and oxygen atoms in total. The summed E-state index contributed by atoms with van der Waals surface area (Å²) in [6.07, 6.45) is -0.427. The molecule has 2 saturated heterocycles. The first kappa shape index (κ1) is 15.2. The van der Waals surface area contributed by atoms with Gasteiger partial charge >= 0.3 is 0 Å². The average molecular weight is 312 g/mol. The number of nitrogens with one attached hydrogen (secondary N) is 1. The first-order valence-electron chi connectivity index (χ1n) is 6.30. The van der Waals surface area contributed by atoms with E-state index in [1.54, 1.807) is 0 Å². The van der Waals surface area contributed by atoms with Crippen LogP contribution in [-0.4, -0.2) is 75.3 Å². The van der Waals surface area contributed by atoms with Crippen LogP contribution in [0.25, 0.3) is 0 Å². The second-order valence-corrected chi connectivity index (χ2v) is 9.78. The third-order valence-corrected chi connectivity index (χ3v) is 8.05. The second-order valence-electron chi connectivity index (χ2n) is 5.21. The van der Waals surface area contributed by atoms with Crippen LogP contribution in [0.15, 0.2) is 0 Å². The van der Waals surface area contributed by atoms with Crippen molar-refractivity contribution in [2.24, 2.45) is 0 Å². The highest BCUT2D eigenvalue weighted by molar-refractivity contribution is 7.92. The van der Waals surface area contributed by atoms with Gasteiger partial charge in [0, 0.05) is 20.1 Å². The molecule has 2 rings (SSSR count). The van der Waals surface area contributed by atoms with E-state index >= 15 is 0 Å². The topological polar surface area (TPSA) is 104 Å². The Morgan fingerprint density at radius 2 is 1.79 bits per heavy atom. The quantitative estimate of drug-likeness (QED) is 0.634. The molecule has 2 N–H and O–H groups in total. The number of hydrogen-bond donors (Lipinski definition) is 2. The van der Waals surface area contributed by atoms with E-state index in [0.717, 1.165) is 0 Å². The van der Waals surface area contributed by atoms with E-state index in [2.05, 4.69) is 5.32 Å². The highest BCUT2D eigenvalue weighted by Crippen LogP contribution is 2.24. The largest absolute Gasteiger partial charge is 0.390 e. The molecule has 0 unspecified atom stereocenters. The highest BCUT2D eigenvalue weighted by Gasteiger charge is 2.40. The molecule has 2 heterocycles. The third kappa shape index (κ3) is 3.10. The number of likely N-dealkylation sites (N-methyl/N-ethyl adjacent to an activating group) is 1. The molecule has 112 valence electrons. The van der Waals surface area contributed by atoms with E-state index in [1.165, 1.54) is 11.4 Å². The Balaban J connectivity index is 2.10. The molecule has 9 heteroatoms. The van der Waals surface area contributed by atoms with Gasteiger partial charge < -0.3 is 10.4 Å². The van der Waals surface area contributed by atoms with Crippen molar-refractivity contribution in [3.63, 3.8) is 0 Å². The van der Waals surface area contributed by atoms with Gasteiger partial charge in [-0.1, -0.05) is 0 Å². The number of aliphatic hydroxyl groups is 1. The smallest absolute Gasteiger partial charge is 0.217 e. The summed E-state index contributed by atoms with van der Waals surface area (Å²) >= 11 is 0. The van der Waals surface area contributed by atoms with Gasteiger partial charge in [-0.2, -0.15) is 4.31 Å². The third-order valence-electron chi connectivity index (χ3n) is 3.94. The molecule has 2 aliphatic rings. The van der Waals surface area contributed by atoms with Gasteiger partial charge in [-0.3, -0.25) is 0 Å². The standard InChI is InChI=1S/C10H20N2O5S2/c1-12(9-6-11-7-10(9)13)19(16,17)8-2-4-18(14,15)5-3-8/h8-11,13H,2-7H2,1H3/t9-,10-/m0/s1. The van der Waals surface area contributed by atoms with E-state index in [1.807, 2.05) is 0 Å². The lowest BCUT2D eigenvalue weighted by molar-refractivity contribution is 0.136. The zero-order chi connectivity index (χ0) is 14.3. The van der Waals surface area contributed by atoms with Gasteiger partial charge in [0.1, 0.15) is 9.84 Å². The van der Waals surface area contributed by atoms with Crippen molar-refractivity contribution in [3.05, 3.63) is 0 Å². The molecular formula is C10H20N2O5S2. The minimum absolute atomic E-state index is 0.0732. The minimum Gasteiger partial charge on any atom is -0.390 e. The lowest BCUT2D eigenvalue weighted by atomic mass is 10.2. The Morgan fingerprint density at radius 1 is 1.21 bits per heavy atom. The summed E-state index contributed by atoms with van der Waals surface area (Å²) in [5, 5.41) is 12.0. The molecule has 0 aromatic heterocycles. The van der Waals surface area contributed by atoms with Crippen molar-refractivity contribution in [2.45, 2.75) is 30.2 Å². The van der Waals surface area contributed by atoms with Gasteiger partial charge in [-0.15, -0.1) is 0 Å². The molecule has 0 aromatic rings. The number of β-amino-alcohol motifs (C(OH)–C–C–N with tert-alkyl or cyclic N) is 1. The van der Waals surface area contributed by atoms with E-state index in [9.17, 15) is 21.9 Å². The monoisotopic (exact) mass is 312 g/mol. The van der Waals surface area contributed by atoms with Crippen molar-refractivity contribution in [3.8, 4) is 0 Å². The highest BCUT2D eigenvalue weighted by atomic mass is 32.2. The predicted octanol–water partition coefficient (Wildman–Crippen LogP) is -1.84. The second kappa shape index (κ2) is 5.28. The van der Waals surface area contributed by atoms with Gasteiger partial charge in [0.25, 0.3) is 0 Å². The number of hydrogen-bond acceptors (Lipinski definition) is 6. The molecule has 19 heavy (non-hydrogen) atoms. The molecule has 0 bridgehead atoms. The summed E-state index contributed by atoms with van der Waals surface area (Å²) in [4.78, 5) is 0. The van der Waals surface area contributed by atoms with E-state index in [-0.39, 0.29) is 24.3 Å². The molecule has 0 amide bonds. The Bertz CT molecular complexity index is 516. The van der Waals surface area contributed by atoms with Crippen LogP contribution >= 0.6 is 0 Å². The summed E-state index contributed by atoms with van der Waals surface area (Å²) < 4.78 is 48.7. The summed E-state index contributed by atoms with van der Waals surface area (Å²) in [7, 11) is -5.18. The zero-order valence-electron chi connectivity index (χ0n) is 10.8. The number of sulfonamides is 1. The lowest BCUT2D eigenvalue weighted by Crippen LogP contribution is -2.49. The molecule has 2 atom stereocenters. The maximum Gasteiger partial charge on any atom is 0.217 e. The average Bonchev–Trinajstić information content (AvgIpc) is 2.73. The fourth-order valence-electron chi connectivity index (χ4n) is 2.61. The van der Waals surface area contributed by atoms with Crippen molar-refractivity contribution < 1.29 is 21.9 Å². The number of aliphatic hydroxyl groups excluding tert-OH is 1. The Morgan fingerprint density at radius 3 is 2.26 bits per heavy atom. The van der Waals surface area contributed by atoms with Crippen LogP contribution in [0.2, 0.25) is 0 Å². The van der Waals surface area contributed by atoms with Gasteiger partial charge in [0.15, 0.2) is 0 Å². The lowest BCUT2D eigenvalue weighted by Gasteiger charge is -2.31. The number of sulfone groups is 1. The molecule has 0 aromatic carbocycles. The Labute approximate surface area is 114 Å². The summed E-state index contributed by atoms with van der Waals surface area (Å²) in [6.45, 7) is 0.797. The zero-order valence-corrected chi connectivity index (χ0v) is 12.5. The molecule has 0 aliphatic carbocycles. The van der Waals surface area contributed by atoms with Crippen LogP contribution in [0.5, 0.6) is 0 Å². The van der Waals surface area contributed by atoms with Crippen molar-refractivity contribution in [1.82, 2.24) is 9.62 Å². The molecule has 0 radical (unpaired) electrons. The van der Waals surface area contributed by atoms with Crippen LogP contribution < -0.4 is 5.32 Å². The van der Waals surface area contributed by atoms with Gasteiger partial charge in [0.2, 0.25) is 10.0 Å². The maximum absolute atomic E-state index is 12.4. The molecule has 2 fully saturated rings. The number of rotatable bonds is 3. The van der Waals surface area contributed by atoms with Crippen molar-refractivity contribution >= 4 is 19.9 Å². The maximum atomic E-state index is 12.4. The minimum atomic E-state index is -3.56. The molecule has 0 spiro atoms. The molecule has 2 aliphatic heterocycles. The van der Waals surface area contributed by atoms with Gasteiger partial charge in [0.05, 0.1) is 28.9 Å². The Hall–Kier alpha value is -0.220. The first-order valence-corrected chi connectivity index (χ1v) is 9.62. The van der Waals surface area contributed by atoms with Crippen molar-refractivity contribution in [2.75, 3.05) is 31.6 Å². The van der Waals surface area contributed by atoms with Crippen LogP contribution in [0.4, 0.5) is 0 Å². The van der Waals surface area contributed by atoms with Gasteiger partial charge in [-0.05, 0) is 12.8 Å². The fourth-order valence-corrected chi connectivity index (χ4v) is 6.30. The number of nitrogens with zero attached hydrogens (tertiary/aromatic N) is 1. The molecule has 0 saturated carbocycles. The van der Waals surface area contributed by atoms with E-state index < -0.39 is 37.3 Å². The fraction of sp³-hybridized carbons (Fsp3) is 1.00. The van der Waals surface area contributed by atoms with Gasteiger partial charge in [-0.25, -0.2) is 16.8 Å². The van der Waals surface area contributed by atoms with Crippen LogP contribution in [0.1, 0.15) is 12.8 Å². The summed E-state index contributed by atoms with van der Waals surface area (Å²) in [5.74, 6) is -0.146.